The van der Waals surface area contributed by atoms with Gasteiger partial charge in [0.2, 0.25) is 0 Å². The number of hydrogen-bond acceptors (Lipinski definition) is 3. The first-order chi connectivity index (χ1) is 9.63. The number of aliphatic carboxylic acids is 1. The molecule has 0 amide bonds. The molecule has 21 heavy (non-hydrogen) atoms. The normalized spacial score (nSPS) is 14.3. The van der Waals surface area contributed by atoms with Crippen molar-refractivity contribution in [3.8, 4) is 0 Å². The summed E-state index contributed by atoms with van der Waals surface area (Å²) >= 11 is 0. The molecular formula is C15H21FO4Si. The van der Waals surface area contributed by atoms with Crippen LogP contribution >= 0.6 is 0 Å². The second-order valence-electron chi connectivity index (χ2n) is 6.18. The average Bonchev–Trinajstić information content (AvgIpc) is 2.35. The Balaban J connectivity index is 3.47. The van der Waals surface area contributed by atoms with E-state index >= 15 is 0 Å². The van der Waals surface area contributed by atoms with E-state index in [9.17, 15) is 19.1 Å². The van der Waals surface area contributed by atoms with Gasteiger partial charge >= 0.3 is 11.9 Å². The van der Waals surface area contributed by atoms with Gasteiger partial charge in [0.25, 0.3) is 0 Å². The molecule has 0 saturated carbocycles. The molecule has 1 atom stereocenters. The molecule has 0 heterocycles. The Bertz CT molecular complexity index is 521. The van der Waals surface area contributed by atoms with Crippen molar-refractivity contribution in [1.29, 1.82) is 0 Å². The summed E-state index contributed by atoms with van der Waals surface area (Å²) in [6.07, 6.45) is 0. The summed E-state index contributed by atoms with van der Waals surface area (Å²) in [4.78, 5) is 24.3. The first-order valence-electron chi connectivity index (χ1n) is 6.80. The lowest BCUT2D eigenvalue weighted by molar-refractivity contribution is -0.160. The number of rotatable bonds is 6. The number of carboxylic acid groups (broad SMARTS) is 1. The van der Waals surface area contributed by atoms with E-state index < -0.39 is 31.2 Å². The summed E-state index contributed by atoms with van der Waals surface area (Å²) in [5.41, 5.74) is -1.51. The van der Waals surface area contributed by atoms with Gasteiger partial charge in [0.1, 0.15) is 5.82 Å². The Hall–Kier alpha value is -1.69. The van der Waals surface area contributed by atoms with E-state index in [2.05, 4.69) is 0 Å². The SMILES string of the molecule is CCOC(=O)C(C[Si](C)(C)C)(C(=O)O)c1ccc(F)cc1. The van der Waals surface area contributed by atoms with E-state index in [0.29, 0.717) is 0 Å². The lowest BCUT2D eigenvalue weighted by atomic mass is 9.82. The summed E-state index contributed by atoms with van der Waals surface area (Å²) in [5, 5.41) is 9.73. The quantitative estimate of drug-likeness (QED) is 0.498. The Morgan fingerprint density at radius 3 is 2.14 bits per heavy atom. The van der Waals surface area contributed by atoms with Crippen molar-refractivity contribution in [2.75, 3.05) is 6.61 Å². The monoisotopic (exact) mass is 312 g/mol. The number of ether oxygens (including phenoxy) is 1. The van der Waals surface area contributed by atoms with Crippen molar-refractivity contribution < 1.29 is 23.8 Å². The number of carbonyl (C=O) groups excluding carboxylic acids is 1. The van der Waals surface area contributed by atoms with Crippen LogP contribution in [0.2, 0.25) is 25.7 Å². The maximum absolute atomic E-state index is 13.1. The minimum absolute atomic E-state index is 0.0980. The molecule has 1 N–H and O–H groups in total. The van der Waals surface area contributed by atoms with Gasteiger partial charge in [0.15, 0.2) is 5.41 Å². The fourth-order valence-electron chi connectivity index (χ4n) is 2.36. The predicted molar refractivity (Wildman–Crippen MR) is 80.5 cm³/mol. The van der Waals surface area contributed by atoms with E-state index in [4.69, 9.17) is 4.74 Å². The molecule has 1 aromatic rings. The molecule has 0 aliphatic carbocycles. The number of hydrogen-bond donors (Lipinski definition) is 1. The summed E-state index contributed by atoms with van der Waals surface area (Å²) in [6.45, 7) is 7.67. The Labute approximate surface area is 124 Å². The molecule has 0 spiro atoms. The molecule has 0 aliphatic heterocycles. The Morgan fingerprint density at radius 2 is 1.76 bits per heavy atom. The van der Waals surface area contributed by atoms with Gasteiger partial charge < -0.3 is 9.84 Å². The van der Waals surface area contributed by atoms with Crippen LogP contribution in [-0.2, 0) is 19.7 Å². The highest BCUT2D eigenvalue weighted by atomic mass is 28.3. The van der Waals surface area contributed by atoms with Crippen LogP contribution in [0.15, 0.2) is 24.3 Å². The van der Waals surface area contributed by atoms with Crippen LogP contribution in [0.4, 0.5) is 4.39 Å². The molecule has 4 nitrogen and oxygen atoms in total. The van der Waals surface area contributed by atoms with Crippen LogP contribution < -0.4 is 0 Å². The van der Waals surface area contributed by atoms with Crippen LogP contribution in [0.5, 0.6) is 0 Å². The zero-order valence-electron chi connectivity index (χ0n) is 12.8. The van der Waals surface area contributed by atoms with E-state index in [1.807, 2.05) is 19.6 Å². The zero-order chi connectivity index (χ0) is 16.3. The van der Waals surface area contributed by atoms with Gasteiger partial charge in [-0.1, -0.05) is 31.8 Å². The van der Waals surface area contributed by atoms with Gasteiger partial charge in [-0.2, -0.15) is 0 Å². The van der Waals surface area contributed by atoms with Gasteiger partial charge in [-0.05, 0) is 30.7 Å². The minimum Gasteiger partial charge on any atom is -0.480 e. The van der Waals surface area contributed by atoms with Crippen molar-refractivity contribution in [2.24, 2.45) is 0 Å². The third-order valence-corrected chi connectivity index (χ3v) is 4.71. The first-order valence-corrected chi connectivity index (χ1v) is 10.5. The summed E-state index contributed by atoms with van der Waals surface area (Å²) in [6, 6.07) is 5.22. The highest BCUT2D eigenvalue weighted by molar-refractivity contribution is 6.77. The fourth-order valence-corrected chi connectivity index (χ4v) is 4.45. The fraction of sp³-hybridized carbons (Fsp3) is 0.467. The van der Waals surface area contributed by atoms with E-state index in [0.717, 1.165) is 12.1 Å². The first kappa shape index (κ1) is 17.4. The van der Waals surface area contributed by atoms with Gasteiger partial charge in [-0.3, -0.25) is 9.59 Å². The summed E-state index contributed by atoms with van der Waals surface area (Å²) in [5.74, 6) is -2.52. The van der Waals surface area contributed by atoms with E-state index in [-0.39, 0.29) is 18.2 Å². The average molecular weight is 312 g/mol. The molecule has 1 aromatic carbocycles. The largest absolute Gasteiger partial charge is 0.480 e. The number of esters is 1. The van der Waals surface area contributed by atoms with Crippen LogP contribution in [0.1, 0.15) is 12.5 Å². The van der Waals surface area contributed by atoms with Crippen LogP contribution in [0.25, 0.3) is 0 Å². The number of benzene rings is 1. The summed E-state index contributed by atoms with van der Waals surface area (Å²) < 4.78 is 18.1. The third kappa shape index (κ3) is 3.91. The van der Waals surface area contributed by atoms with Crippen LogP contribution in [0.3, 0.4) is 0 Å². The van der Waals surface area contributed by atoms with Gasteiger partial charge in [-0.15, -0.1) is 0 Å². The topological polar surface area (TPSA) is 63.6 Å². The standard InChI is InChI=1S/C15H21FO4Si/c1-5-20-14(19)15(13(17)18,10-21(2,3)4)11-6-8-12(16)9-7-11/h6-9H,5,10H2,1-4H3,(H,17,18). The Kier molecular flexibility index (Phi) is 5.28. The summed E-state index contributed by atoms with van der Waals surface area (Å²) in [7, 11) is -1.92. The van der Waals surface area contributed by atoms with E-state index in [1.165, 1.54) is 12.1 Å². The molecule has 6 heteroatoms. The zero-order valence-corrected chi connectivity index (χ0v) is 13.8. The molecule has 0 saturated heterocycles. The molecule has 1 rings (SSSR count). The predicted octanol–water partition coefficient (Wildman–Crippen LogP) is 3.05. The lowest BCUT2D eigenvalue weighted by Crippen LogP contribution is -2.49. The molecule has 0 fully saturated rings. The number of halogens is 1. The van der Waals surface area contributed by atoms with Crippen LogP contribution in [0, 0.1) is 5.82 Å². The molecule has 1 unspecified atom stereocenters. The maximum atomic E-state index is 13.1. The van der Waals surface area contributed by atoms with Crippen LogP contribution in [-0.4, -0.2) is 31.7 Å². The highest BCUT2D eigenvalue weighted by Gasteiger charge is 2.51. The van der Waals surface area contributed by atoms with E-state index in [1.54, 1.807) is 6.92 Å². The second-order valence-corrected chi connectivity index (χ2v) is 11.7. The van der Waals surface area contributed by atoms with Crippen molar-refractivity contribution in [2.45, 2.75) is 38.0 Å². The van der Waals surface area contributed by atoms with Crippen molar-refractivity contribution in [3.05, 3.63) is 35.6 Å². The van der Waals surface area contributed by atoms with Crippen molar-refractivity contribution in [3.63, 3.8) is 0 Å². The van der Waals surface area contributed by atoms with Gasteiger partial charge in [-0.25, -0.2) is 4.39 Å². The highest BCUT2D eigenvalue weighted by Crippen LogP contribution is 2.35. The Morgan fingerprint density at radius 1 is 1.24 bits per heavy atom. The maximum Gasteiger partial charge on any atom is 0.327 e. The molecule has 0 bridgehead atoms. The molecule has 116 valence electrons. The molecule has 0 aliphatic rings. The second kappa shape index (κ2) is 6.38. The molecule has 0 radical (unpaired) electrons. The number of carboxylic acids is 1. The van der Waals surface area contributed by atoms with Crippen molar-refractivity contribution >= 4 is 20.0 Å². The molecule has 0 aromatic heterocycles. The van der Waals surface area contributed by atoms with Gasteiger partial charge in [0.05, 0.1) is 6.61 Å². The smallest absolute Gasteiger partial charge is 0.327 e. The minimum atomic E-state index is -1.92. The third-order valence-electron chi connectivity index (χ3n) is 3.12. The lowest BCUT2D eigenvalue weighted by Gasteiger charge is -2.32. The number of carbonyl (C=O) groups is 2. The van der Waals surface area contributed by atoms with Gasteiger partial charge in [0, 0.05) is 8.07 Å². The molecular weight excluding hydrogens is 291 g/mol. The van der Waals surface area contributed by atoms with Crippen molar-refractivity contribution in [1.82, 2.24) is 0 Å².